The number of morpholine rings is 1. The summed E-state index contributed by atoms with van der Waals surface area (Å²) in [6.45, 7) is 4.13. The number of aromatic nitrogens is 2. The van der Waals surface area contributed by atoms with Gasteiger partial charge in [-0.15, -0.1) is 0 Å². The number of carbonyl (C=O) groups excluding carboxylic acids is 2. The topological polar surface area (TPSA) is 88.5 Å². The Kier molecular flexibility index (Phi) is 6.12. The van der Waals surface area contributed by atoms with Gasteiger partial charge >= 0.3 is 0 Å². The van der Waals surface area contributed by atoms with Crippen molar-refractivity contribution >= 4 is 11.8 Å². The van der Waals surface area contributed by atoms with Crippen molar-refractivity contribution in [3.8, 4) is 0 Å². The predicted octanol–water partition coefficient (Wildman–Crippen LogP) is -0.566. The number of nitrogens with zero attached hydrogens (tertiary/aromatic N) is 3. The maximum Gasteiger partial charge on any atom is 0.245 e. The minimum atomic E-state index is -0.532. The van der Waals surface area contributed by atoms with E-state index in [1.165, 1.54) is 0 Å². The van der Waals surface area contributed by atoms with Crippen molar-refractivity contribution < 1.29 is 14.3 Å². The zero-order valence-corrected chi connectivity index (χ0v) is 13.9. The number of hydrogen-bond acceptors (Lipinski definition) is 5. The minimum absolute atomic E-state index is 0.0508. The van der Waals surface area contributed by atoms with Gasteiger partial charge in [0.1, 0.15) is 12.1 Å². The van der Waals surface area contributed by atoms with E-state index in [0.717, 1.165) is 5.56 Å². The SMILES string of the molecule is CCC(NC(=O)C(NC)c1cnn(C)c1)C(=O)N1CCOCC1. The summed E-state index contributed by atoms with van der Waals surface area (Å²) in [4.78, 5) is 26.8. The van der Waals surface area contributed by atoms with Crippen LogP contribution in [-0.2, 0) is 21.4 Å². The van der Waals surface area contributed by atoms with Gasteiger partial charge in [-0.2, -0.15) is 5.10 Å². The normalized spacial score (nSPS) is 17.6. The Morgan fingerprint density at radius 2 is 2.09 bits per heavy atom. The Morgan fingerprint density at radius 3 is 2.61 bits per heavy atom. The lowest BCUT2D eigenvalue weighted by Gasteiger charge is -2.31. The van der Waals surface area contributed by atoms with Crippen LogP contribution in [0.1, 0.15) is 24.9 Å². The third-order valence-electron chi connectivity index (χ3n) is 3.95. The highest BCUT2D eigenvalue weighted by atomic mass is 16.5. The molecule has 1 aliphatic rings. The summed E-state index contributed by atoms with van der Waals surface area (Å²) < 4.78 is 6.90. The smallest absolute Gasteiger partial charge is 0.245 e. The molecule has 2 N–H and O–H groups in total. The van der Waals surface area contributed by atoms with Crippen molar-refractivity contribution in [3.63, 3.8) is 0 Å². The first kappa shape index (κ1) is 17.4. The monoisotopic (exact) mass is 323 g/mol. The Bertz CT molecular complexity index is 539. The number of ether oxygens (including phenoxy) is 1. The van der Waals surface area contributed by atoms with Crippen LogP contribution in [0.2, 0.25) is 0 Å². The molecule has 128 valence electrons. The lowest BCUT2D eigenvalue weighted by atomic mass is 10.1. The molecule has 0 bridgehead atoms. The van der Waals surface area contributed by atoms with E-state index >= 15 is 0 Å². The van der Waals surface area contributed by atoms with Crippen LogP contribution in [0.3, 0.4) is 0 Å². The fourth-order valence-corrected chi connectivity index (χ4v) is 2.64. The zero-order valence-electron chi connectivity index (χ0n) is 13.9. The Morgan fingerprint density at radius 1 is 1.39 bits per heavy atom. The molecular formula is C15H25N5O3. The van der Waals surface area contributed by atoms with Gasteiger partial charge in [-0.05, 0) is 13.5 Å². The van der Waals surface area contributed by atoms with Gasteiger partial charge in [-0.1, -0.05) is 6.92 Å². The molecule has 8 heteroatoms. The van der Waals surface area contributed by atoms with E-state index < -0.39 is 12.1 Å². The molecule has 2 rings (SSSR count). The van der Waals surface area contributed by atoms with Crippen LogP contribution in [0.5, 0.6) is 0 Å². The second-order valence-electron chi connectivity index (χ2n) is 5.58. The van der Waals surface area contributed by atoms with Gasteiger partial charge in [0.25, 0.3) is 0 Å². The van der Waals surface area contributed by atoms with Crippen molar-refractivity contribution in [1.82, 2.24) is 25.3 Å². The summed E-state index contributed by atoms with van der Waals surface area (Å²) in [7, 11) is 3.51. The lowest BCUT2D eigenvalue weighted by Crippen LogP contribution is -2.53. The summed E-state index contributed by atoms with van der Waals surface area (Å²) in [5, 5.41) is 9.90. The van der Waals surface area contributed by atoms with Crippen LogP contribution < -0.4 is 10.6 Å². The Labute approximate surface area is 136 Å². The quantitative estimate of drug-likeness (QED) is 0.732. The van der Waals surface area contributed by atoms with Gasteiger partial charge < -0.3 is 20.3 Å². The van der Waals surface area contributed by atoms with E-state index in [4.69, 9.17) is 4.74 Å². The highest BCUT2D eigenvalue weighted by molar-refractivity contribution is 5.90. The molecule has 8 nitrogen and oxygen atoms in total. The molecule has 1 saturated heterocycles. The van der Waals surface area contributed by atoms with Crippen molar-refractivity contribution in [1.29, 1.82) is 0 Å². The first-order valence-corrected chi connectivity index (χ1v) is 7.89. The third-order valence-corrected chi connectivity index (χ3v) is 3.95. The maximum atomic E-state index is 12.5. The van der Waals surface area contributed by atoms with Gasteiger partial charge in [0.05, 0.1) is 19.4 Å². The van der Waals surface area contributed by atoms with Gasteiger partial charge in [0.2, 0.25) is 11.8 Å². The molecule has 1 aliphatic heterocycles. The second-order valence-corrected chi connectivity index (χ2v) is 5.58. The molecule has 2 heterocycles. The van der Waals surface area contributed by atoms with Crippen molar-refractivity contribution in [3.05, 3.63) is 18.0 Å². The highest BCUT2D eigenvalue weighted by Crippen LogP contribution is 2.12. The average Bonchev–Trinajstić information content (AvgIpc) is 2.99. The summed E-state index contributed by atoms with van der Waals surface area (Å²) in [6, 6.07) is -1.05. The number of amides is 2. The van der Waals surface area contributed by atoms with Gasteiger partial charge in [-0.3, -0.25) is 14.3 Å². The molecule has 0 saturated carbocycles. The molecule has 0 aromatic carbocycles. The standard InChI is InChI=1S/C15H25N5O3/c1-4-12(15(22)20-5-7-23-8-6-20)18-14(21)13(16-2)11-9-17-19(3)10-11/h9-10,12-13,16H,4-8H2,1-3H3,(H,18,21). The van der Waals surface area contributed by atoms with Crippen molar-refractivity contribution in [2.75, 3.05) is 33.4 Å². The average molecular weight is 323 g/mol. The minimum Gasteiger partial charge on any atom is -0.378 e. The number of aryl methyl sites for hydroxylation is 1. The fourth-order valence-electron chi connectivity index (χ4n) is 2.64. The van der Waals surface area contributed by atoms with E-state index in [0.29, 0.717) is 32.7 Å². The van der Waals surface area contributed by atoms with Gasteiger partial charge in [-0.25, -0.2) is 0 Å². The van der Waals surface area contributed by atoms with Crippen LogP contribution >= 0.6 is 0 Å². The molecule has 1 fully saturated rings. The summed E-state index contributed by atoms with van der Waals surface area (Å²) in [6.07, 6.45) is 3.97. The van der Waals surface area contributed by atoms with E-state index in [2.05, 4.69) is 15.7 Å². The van der Waals surface area contributed by atoms with Crippen LogP contribution in [0.4, 0.5) is 0 Å². The number of rotatable bonds is 6. The van der Waals surface area contributed by atoms with E-state index in [9.17, 15) is 9.59 Å². The maximum absolute atomic E-state index is 12.5. The Hall–Kier alpha value is -1.93. The number of nitrogens with one attached hydrogen (secondary N) is 2. The molecular weight excluding hydrogens is 298 g/mol. The first-order valence-electron chi connectivity index (χ1n) is 7.89. The van der Waals surface area contributed by atoms with Crippen LogP contribution in [0, 0.1) is 0 Å². The predicted molar refractivity (Wildman–Crippen MR) is 84.6 cm³/mol. The molecule has 1 aromatic heterocycles. The lowest BCUT2D eigenvalue weighted by molar-refractivity contribution is -0.140. The molecule has 1 aromatic rings. The molecule has 0 radical (unpaired) electrons. The molecule has 0 aliphatic carbocycles. The van der Waals surface area contributed by atoms with Gasteiger partial charge in [0, 0.05) is 31.9 Å². The highest BCUT2D eigenvalue weighted by Gasteiger charge is 2.29. The molecule has 2 unspecified atom stereocenters. The number of hydrogen-bond donors (Lipinski definition) is 2. The van der Waals surface area contributed by atoms with E-state index in [-0.39, 0.29) is 11.8 Å². The van der Waals surface area contributed by atoms with Crippen LogP contribution in [-0.4, -0.2) is 65.9 Å². The zero-order chi connectivity index (χ0) is 16.8. The number of carbonyl (C=O) groups is 2. The summed E-state index contributed by atoms with van der Waals surface area (Å²) >= 11 is 0. The van der Waals surface area contributed by atoms with E-state index in [1.807, 2.05) is 6.92 Å². The van der Waals surface area contributed by atoms with Gasteiger partial charge in [0.15, 0.2) is 0 Å². The van der Waals surface area contributed by atoms with E-state index in [1.54, 1.807) is 36.1 Å². The molecule has 0 spiro atoms. The van der Waals surface area contributed by atoms with Crippen molar-refractivity contribution in [2.45, 2.75) is 25.4 Å². The van der Waals surface area contributed by atoms with Crippen LogP contribution in [0.15, 0.2) is 12.4 Å². The molecule has 2 atom stereocenters. The molecule has 23 heavy (non-hydrogen) atoms. The second kappa shape index (κ2) is 8.07. The summed E-state index contributed by atoms with van der Waals surface area (Å²) in [5.41, 5.74) is 0.765. The fraction of sp³-hybridized carbons (Fsp3) is 0.667. The summed E-state index contributed by atoms with van der Waals surface area (Å²) in [5.74, 6) is -0.279. The molecule has 2 amide bonds. The third kappa shape index (κ3) is 4.29. The van der Waals surface area contributed by atoms with Crippen LogP contribution in [0.25, 0.3) is 0 Å². The van der Waals surface area contributed by atoms with Crippen molar-refractivity contribution in [2.24, 2.45) is 7.05 Å². The first-order chi connectivity index (χ1) is 11.1. The number of likely N-dealkylation sites (N-methyl/N-ethyl adjacent to an activating group) is 1. The Balaban J connectivity index is 2.01. The largest absolute Gasteiger partial charge is 0.378 e.